The predicted octanol–water partition coefficient (Wildman–Crippen LogP) is 7.39. The van der Waals surface area contributed by atoms with Crippen LogP contribution in [0.5, 0.6) is 0 Å². The van der Waals surface area contributed by atoms with Crippen molar-refractivity contribution >= 4 is 59.4 Å². The number of hydrogen-bond acceptors (Lipinski definition) is 6. The van der Waals surface area contributed by atoms with E-state index in [1.54, 1.807) is 0 Å². The Hall–Kier alpha value is -4.07. The van der Waals surface area contributed by atoms with Gasteiger partial charge in [0.15, 0.2) is 19.0 Å². The number of benzene rings is 3. The zero-order chi connectivity index (χ0) is 29.8. The monoisotopic (exact) mass is 600 g/mol. The summed E-state index contributed by atoms with van der Waals surface area (Å²) in [6.07, 6.45) is 7.02. The average Bonchev–Trinajstić information content (AvgIpc) is 3.67. The van der Waals surface area contributed by atoms with Gasteiger partial charge in [-0.1, -0.05) is 112 Å². The molecular weight excluding hydrogens is 566 g/mol. The lowest BCUT2D eigenvalue weighted by molar-refractivity contribution is 0.465. The molecule has 0 atom stereocenters. The second-order valence-electron chi connectivity index (χ2n) is 11.9. The van der Waals surface area contributed by atoms with Crippen LogP contribution in [0.15, 0.2) is 92.8 Å². The van der Waals surface area contributed by atoms with E-state index in [2.05, 4.69) is 38.1 Å². The Balaban J connectivity index is 1.47. The number of aliphatic imine (C=N–C) groups is 2. The third kappa shape index (κ3) is 4.28. The van der Waals surface area contributed by atoms with Gasteiger partial charge >= 0.3 is 7.19 Å². The summed E-state index contributed by atoms with van der Waals surface area (Å²) in [5.74, 6) is 2.66. The molecule has 3 aromatic carbocycles. The maximum atomic E-state index is 14.9. The summed E-state index contributed by atoms with van der Waals surface area (Å²) in [6, 6.07) is 24.5. The van der Waals surface area contributed by atoms with Gasteiger partial charge < -0.3 is 13.4 Å². The van der Waals surface area contributed by atoms with Crippen molar-refractivity contribution in [1.29, 1.82) is 0 Å². The molecule has 0 spiro atoms. The van der Waals surface area contributed by atoms with Crippen LogP contribution in [-0.4, -0.2) is 40.1 Å². The van der Waals surface area contributed by atoms with Crippen LogP contribution in [0.2, 0.25) is 0 Å². The van der Waals surface area contributed by atoms with E-state index in [0.29, 0.717) is 35.3 Å². The number of aromatic nitrogens is 2. The molecule has 5 heterocycles. The third-order valence-corrected chi connectivity index (χ3v) is 11.5. The van der Waals surface area contributed by atoms with Crippen molar-refractivity contribution in [2.75, 3.05) is 12.3 Å². The van der Waals surface area contributed by atoms with Gasteiger partial charge in [-0.25, -0.2) is 20.0 Å². The summed E-state index contributed by atoms with van der Waals surface area (Å²) < 4.78 is 26.0. The zero-order valence-corrected chi connectivity index (χ0v) is 26.0. The Morgan fingerprint density at radius 1 is 0.614 bits per heavy atom. The van der Waals surface area contributed by atoms with E-state index in [9.17, 15) is 4.57 Å². The minimum Gasteiger partial charge on any atom is -0.346 e. The minimum absolute atomic E-state index is 0.554. The van der Waals surface area contributed by atoms with Crippen molar-refractivity contribution in [3.63, 3.8) is 0 Å². The molecule has 10 heteroatoms. The summed E-state index contributed by atoms with van der Waals surface area (Å²) in [4.78, 5) is 20.7. The van der Waals surface area contributed by atoms with Gasteiger partial charge in [0.05, 0.1) is 0 Å². The van der Waals surface area contributed by atoms with E-state index in [-0.39, 0.29) is 0 Å². The fraction of sp³-hybridized carbons (Fsp3) is 0.294. The summed E-state index contributed by atoms with van der Waals surface area (Å²) in [7, 11) is -3.85. The topological polar surface area (TPSA) is 85.6 Å². The lowest BCUT2D eigenvalue weighted by Gasteiger charge is -2.27. The molecule has 3 aliphatic heterocycles. The highest BCUT2D eigenvalue weighted by atomic mass is 31.2. The van der Waals surface area contributed by atoms with Crippen LogP contribution in [0.25, 0.3) is 21.5 Å². The van der Waals surface area contributed by atoms with E-state index in [1.165, 1.54) is 0 Å². The first-order valence-corrected chi connectivity index (χ1v) is 17.8. The molecule has 5 aromatic rings. The van der Waals surface area contributed by atoms with Gasteiger partial charge in [0.1, 0.15) is 22.6 Å². The molecule has 0 amide bonds. The van der Waals surface area contributed by atoms with Crippen molar-refractivity contribution in [2.24, 2.45) is 20.0 Å². The molecule has 8 nitrogen and oxygen atoms in total. The molecule has 0 N–H and O–H groups in total. The van der Waals surface area contributed by atoms with Crippen molar-refractivity contribution < 1.29 is 9.01 Å². The van der Waals surface area contributed by atoms with Crippen LogP contribution in [0.4, 0.5) is 11.6 Å². The number of rotatable bonds is 10. The molecule has 4 bridgehead atoms. The Morgan fingerprint density at radius 2 is 1.11 bits per heavy atom. The summed E-state index contributed by atoms with van der Waals surface area (Å²) in [6.45, 7) is 4.35. The number of fused-ring (bicyclic) bond motifs is 10. The molecule has 44 heavy (non-hydrogen) atoms. The first-order valence-electron chi connectivity index (χ1n) is 15.8. The van der Waals surface area contributed by atoms with Gasteiger partial charge in [-0.05, 0) is 12.8 Å². The summed E-state index contributed by atoms with van der Waals surface area (Å²) >= 11 is 0. The standard InChI is InChI=1S/C34H34BN6O2P/c1-3-5-13-21-44(42,22-14-6-4-2)43-35-40-31-25-17-9-11-19-27(25)33(40)39-34-28-20-12-10-18-26(28)32(41(34)35)38-30-24-16-8-7-15-23(24)29(36-30)37-31/h7-12,15-20H,3-6,13-14,21-22H2,1-2H3. The zero-order valence-electron chi connectivity index (χ0n) is 25.1. The van der Waals surface area contributed by atoms with Gasteiger partial charge in [0, 0.05) is 45.0 Å². The Labute approximate surface area is 256 Å². The Bertz CT molecular complexity index is 2180. The number of amidine groups is 2. The Morgan fingerprint density at radius 3 is 1.70 bits per heavy atom. The maximum Gasteiger partial charge on any atom is 0.568 e. The SMILES string of the molecule is CCCCCP(=O)(CCCCC)OB1n2c3c4ccccc4c2N=c2c4ccccc4c(n21)=NC1=NC(=N3)c2ccccc21. The number of unbranched alkanes of at least 4 members (excludes halogenated alkanes) is 4. The van der Waals surface area contributed by atoms with Crippen LogP contribution in [0.1, 0.15) is 63.5 Å². The third-order valence-electron chi connectivity index (χ3n) is 8.92. The fourth-order valence-electron chi connectivity index (χ4n) is 6.71. The molecule has 0 fully saturated rings. The molecule has 2 aromatic heterocycles. The number of hydrogen-bond donors (Lipinski definition) is 0. The van der Waals surface area contributed by atoms with Gasteiger partial charge in [-0.2, -0.15) is 0 Å². The molecule has 0 unspecified atom stereocenters. The Kier molecular flexibility index (Phi) is 6.76. The van der Waals surface area contributed by atoms with Gasteiger partial charge in [0.2, 0.25) is 0 Å². The van der Waals surface area contributed by atoms with Crippen molar-refractivity contribution in [1.82, 2.24) is 8.96 Å². The van der Waals surface area contributed by atoms with E-state index < -0.39 is 14.6 Å². The minimum atomic E-state index is -3.07. The van der Waals surface area contributed by atoms with Crippen LogP contribution >= 0.6 is 7.37 Å². The molecule has 3 aliphatic rings. The van der Waals surface area contributed by atoms with Crippen molar-refractivity contribution in [3.8, 4) is 0 Å². The van der Waals surface area contributed by atoms with Crippen LogP contribution < -0.4 is 11.0 Å². The molecule has 220 valence electrons. The molecular formula is C34H34BN6O2P. The quantitative estimate of drug-likeness (QED) is 0.0951. The van der Waals surface area contributed by atoms with Crippen LogP contribution in [0.3, 0.4) is 0 Å². The second kappa shape index (κ2) is 10.8. The van der Waals surface area contributed by atoms with Crippen molar-refractivity contribution in [2.45, 2.75) is 52.4 Å². The van der Waals surface area contributed by atoms with E-state index >= 15 is 0 Å². The average molecular weight is 600 g/mol. The molecule has 0 aliphatic carbocycles. The van der Waals surface area contributed by atoms with Gasteiger partial charge in [0.25, 0.3) is 0 Å². The second-order valence-corrected chi connectivity index (χ2v) is 14.6. The molecule has 8 rings (SSSR count). The maximum absolute atomic E-state index is 14.9. The highest BCUT2D eigenvalue weighted by Gasteiger charge is 2.42. The lowest BCUT2D eigenvalue weighted by Crippen LogP contribution is -2.50. The van der Waals surface area contributed by atoms with Gasteiger partial charge in [-0.3, -0.25) is 4.57 Å². The predicted molar refractivity (Wildman–Crippen MR) is 179 cm³/mol. The molecule has 0 saturated heterocycles. The van der Waals surface area contributed by atoms with E-state index in [0.717, 1.165) is 82.5 Å². The largest absolute Gasteiger partial charge is 0.568 e. The van der Waals surface area contributed by atoms with E-state index in [4.69, 9.17) is 24.4 Å². The van der Waals surface area contributed by atoms with E-state index in [1.807, 2.05) is 57.5 Å². The lowest BCUT2D eigenvalue weighted by atomic mass is 10.00. The summed E-state index contributed by atoms with van der Waals surface area (Å²) in [5.41, 5.74) is 3.32. The molecule has 0 radical (unpaired) electrons. The van der Waals surface area contributed by atoms with Crippen LogP contribution in [0, 0.1) is 0 Å². The highest BCUT2D eigenvalue weighted by Crippen LogP contribution is 2.51. The van der Waals surface area contributed by atoms with Gasteiger partial charge in [-0.15, -0.1) is 0 Å². The highest BCUT2D eigenvalue weighted by molar-refractivity contribution is 7.60. The summed E-state index contributed by atoms with van der Waals surface area (Å²) in [5, 5.41) is 3.85. The first kappa shape index (κ1) is 27.5. The first-order chi connectivity index (χ1) is 21.6. The smallest absolute Gasteiger partial charge is 0.346 e. The normalized spacial score (nSPS) is 14.7. The fourth-order valence-corrected chi connectivity index (χ4v) is 9.09. The van der Waals surface area contributed by atoms with Crippen LogP contribution in [-0.2, 0) is 9.01 Å². The molecule has 0 saturated carbocycles. The van der Waals surface area contributed by atoms with Crippen molar-refractivity contribution in [3.05, 3.63) is 94.9 Å². The number of nitrogens with zero attached hydrogens (tertiary/aromatic N) is 6.